The third kappa shape index (κ3) is 8.51. The fourth-order valence-electron chi connectivity index (χ4n) is 2.86. The van der Waals surface area contributed by atoms with Crippen molar-refractivity contribution in [3.8, 4) is 0 Å². The van der Waals surface area contributed by atoms with E-state index in [1.54, 1.807) is 18.2 Å². The number of nitrogens with one attached hydrogen (secondary N) is 2. The molecule has 1 aromatic carbocycles. The van der Waals surface area contributed by atoms with Crippen molar-refractivity contribution in [3.63, 3.8) is 0 Å². The van der Waals surface area contributed by atoms with Crippen molar-refractivity contribution < 1.29 is 41.8 Å². The van der Waals surface area contributed by atoms with E-state index in [0.29, 0.717) is 14.8 Å². The lowest BCUT2D eigenvalue weighted by Gasteiger charge is -2.18. The number of carboxylic acids is 1. The average molecular weight is 538 g/mol. The largest absolute Gasteiger partial charge is 0.490 e. The highest BCUT2D eigenvalue weighted by atomic mass is 35.5. The van der Waals surface area contributed by atoms with Crippen LogP contribution in [0.5, 0.6) is 0 Å². The number of halogens is 5. The highest BCUT2D eigenvalue weighted by molar-refractivity contribution is 7.18. The molecule has 1 aromatic heterocycles. The maximum Gasteiger partial charge on any atom is 0.490 e. The second kappa shape index (κ2) is 12.5. The predicted octanol–water partition coefficient (Wildman–Crippen LogP) is 4.18. The molecule has 35 heavy (non-hydrogen) atoms. The summed E-state index contributed by atoms with van der Waals surface area (Å²) in [6, 6.07) is 7.27. The number of thiophene rings is 1. The van der Waals surface area contributed by atoms with Gasteiger partial charge in [0, 0.05) is 18.7 Å². The number of alkyl halides is 3. The van der Waals surface area contributed by atoms with Crippen molar-refractivity contribution in [2.24, 2.45) is 0 Å². The first kappa shape index (κ1) is 28.1. The monoisotopic (exact) mass is 537 g/mol. The van der Waals surface area contributed by atoms with Gasteiger partial charge in [0.15, 0.2) is 0 Å². The van der Waals surface area contributed by atoms with Crippen LogP contribution in [0.2, 0.25) is 4.34 Å². The zero-order valence-corrected chi connectivity index (χ0v) is 19.5. The second-order valence-electron chi connectivity index (χ2n) is 7.04. The van der Waals surface area contributed by atoms with Crippen molar-refractivity contribution >= 4 is 46.6 Å². The van der Waals surface area contributed by atoms with Gasteiger partial charge < -0.3 is 20.1 Å². The predicted molar refractivity (Wildman–Crippen MR) is 120 cm³/mol. The number of amides is 1. The van der Waals surface area contributed by atoms with Crippen LogP contribution in [0.1, 0.15) is 38.4 Å². The molecule has 1 aliphatic heterocycles. The first-order valence-electron chi connectivity index (χ1n) is 10.0. The summed E-state index contributed by atoms with van der Waals surface area (Å²) in [5.74, 6) is -4.36. The molecule has 0 atom stereocenters. The summed E-state index contributed by atoms with van der Waals surface area (Å²) in [7, 11) is 0. The maximum absolute atomic E-state index is 14.3. The maximum atomic E-state index is 14.3. The van der Waals surface area contributed by atoms with Gasteiger partial charge in [-0.3, -0.25) is 10.2 Å². The molecule has 8 nitrogen and oxygen atoms in total. The number of rotatable bonds is 6. The number of hydrogen-bond donors (Lipinski definition) is 3. The van der Waals surface area contributed by atoms with Gasteiger partial charge in [-0.05, 0) is 37.1 Å². The molecule has 14 heteroatoms. The number of esters is 1. The molecule has 0 bridgehead atoms. The summed E-state index contributed by atoms with van der Waals surface area (Å²) >= 11 is 6.92. The van der Waals surface area contributed by atoms with Crippen LogP contribution >= 0.6 is 22.9 Å². The van der Waals surface area contributed by atoms with Gasteiger partial charge >= 0.3 is 18.1 Å². The fourth-order valence-corrected chi connectivity index (χ4v) is 3.82. The molecule has 3 rings (SSSR count). The molecule has 0 radical (unpaired) electrons. The molecule has 0 aliphatic carbocycles. The minimum atomic E-state index is -5.08. The molecule has 1 fully saturated rings. The Labute approximate surface area is 205 Å². The van der Waals surface area contributed by atoms with E-state index in [4.69, 9.17) is 31.6 Å². The number of nitrogens with zero attached hydrogens (tertiary/aromatic N) is 1. The van der Waals surface area contributed by atoms with Crippen LogP contribution in [0.3, 0.4) is 0 Å². The minimum Gasteiger partial charge on any atom is -0.475 e. The number of likely N-dealkylation sites (tertiary alicyclic amines) is 1. The Balaban J connectivity index is 0.000000540. The Morgan fingerprint density at radius 2 is 1.80 bits per heavy atom. The highest BCUT2D eigenvalue weighted by Gasteiger charge is 2.38. The molecule has 2 aromatic rings. The molecule has 3 N–H and O–H groups in total. The topological polar surface area (TPSA) is 120 Å². The van der Waals surface area contributed by atoms with Gasteiger partial charge in [-0.2, -0.15) is 13.2 Å². The summed E-state index contributed by atoms with van der Waals surface area (Å²) in [5.41, 5.74) is 0.229. The molecule has 190 valence electrons. The van der Waals surface area contributed by atoms with Crippen molar-refractivity contribution in [2.45, 2.75) is 19.0 Å². The molecule has 1 aliphatic rings. The normalized spacial score (nSPS) is 13.0. The molecular weight excluding hydrogens is 518 g/mol. The summed E-state index contributed by atoms with van der Waals surface area (Å²) in [6.07, 6.45) is -3.04. The number of hydrogen-bond acceptors (Lipinski definition) is 6. The van der Waals surface area contributed by atoms with Crippen LogP contribution in [0.25, 0.3) is 0 Å². The molecule has 0 saturated carbocycles. The lowest BCUT2D eigenvalue weighted by molar-refractivity contribution is -0.192. The van der Waals surface area contributed by atoms with Gasteiger partial charge in [-0.1, -0.05) is 17.7 Å². The Kier molecular flexibility index (Phi) is 10.0. The number of benzene rings is 1. The van der Waals surface area contributed by atoms with Crippen LogP contribution in [-0.4, -0.2) is 66.1 Å². The zero-order valence-electron chi connectivity index (χ0n) is 18.0. The Morgan fingerprint density at radius 3 is 2.31 bits per heavy atom. The number of aliphatic carboxylic acids is 1. The van der Waals surface area contributed by atoms with Gasteiger partial charge in [-0.15, -0.1) is 11.3 Å². The SMILES string of the molecule is N=C(c1ccc(C(=O)OCCNC(=O)c2ccc(Cl)s2)c(F)c1)N1CCCC1.O=C(O)C(F)(F)F. The third-order valence-corrected chi connectivity index (χ3v) is 5.77. The van der Waals surface area contributed by atoms with Crippen LogP contribution in [0, 0.1) is 11.2 Å². The van der Waals surface area contributed by atoms with Crippen molar-refractivity contribution in [1.82, 2.24) is 10.2 Å². The van der Waals surface area contributed by atoms with Crippen molar-refractivity contribution in [3.05, 3.63) is 56.5 Å². The smallest absolute Gasteiger partial charge is 0.475 e. The number of carboxylic acid groups (broad SMARTS) is 1. The number of carbonyl (C=O) groups is 3. The number of amidine groups is 1. The van der Waals surface area contributed by atoms with E-state index in [9.17, 15) is 27.2 Å². The van der Waals surface area contributed by atoms with E-state index in [2.05, 4.69) is 5.32 Å². The van der Waals surface area contributed by atoms with Gasteiger partial charge in [0.25, 0.3) is 5.91 Å². The zero-order chi connectivity index (χ0) is 26.2. The van der Waals surface area contributed by atoms with Gasteiger partial charge in [0.1, 0.15) is 18.3 Å². The average Bonchev–Trinajstić information content (AvgIpc) is 3.47. The van der Waals surface area contributed by atoms with E-state index in [1.807, 2.05) is 4.90 Å². The molecule has 0 spiro atoms. The van der Waals surface area contributed by atoms with E-state index < -0.39 is 23.9 Å². The van der Waals surface area contributed by atoms with Crippen LogP contribution in [-0.2, 0) is 9.53 Å². The molecule has 0 unspecified atom stereocenters. The van der Waals surface area contributed by atoms with Gasteiger partial charge in [-0.25, -0.2) is 14.0 Å². The Hall–Kier alpha value is -3.19. The van der Waals surface area contributed by atoms with Crippen molar-refractivity contribution in [1.29, 1.82) is 5.41 Å². The first-order valence-corrected chi connectivity index (χ1v) is 11.2. The number of carbonyl (C=O) groups excluding carboxylic acids is 2. The Bertz CT molecular complexity index is 1090. The van der Waals surface area contributed by atoms with Crippen LogP contribution < -0.4 is 5.32 Å². The molecular formula is C21H20ClF4N3O5S. The summed E-state index contributed by atoms with van der Waals surface area (Å²) in [5, 5.41) is 17.9. The highest BCUT2D eigenvalue weighted by Crippen LogP contribution is 2.21. The van der Waals surface area contributed by atoms with E-state index in [0.717, 1.165) is 37.3 Å². The standard InChI is InChI=1S/C19H19ClFN3O3S.C2HF3O2/c20-16-6-5-15(28-16)18(25)23-7-10-27-19(26)13-4-3-12(11-14(13)21)17(22)24-8-1-2-9-24;3-2(4,5)1(6)7/h3-6,11,22H,1-2,7-10H2,(H,23,25);(H,6,7). The van der Waals surface area contributed by atoms with E-state index in [1.165, 1.54) is 12.1 Å². The quantitative estimate of drug-likeness (QED) is 0.167. The number of ether oxygens (including phenoxy) is 1. The third-order valence-electron chi connectivity index (χ3n) is 4.54. The van der Waals surface area contributed by atoms with Crippen molar-refractivity contribution in [2.75, 3.05) is 26.2 Å². The van der Waals surface area contributed by atoms with Crippen LogP contribution in [0.15, 0.2) is 30.3 Å². The first-order chi connectivity index (χ1) is 16.4. The molecule has 1 saturated heterocycles. The Morgan fingerprint density at radius 1 is 1.17 bits per heavy atom. The van der Waals surface area contributed by atoms with Gasteiger partial charge in [0.05, 0.1) is 21.3 Å². The fraction of sp³-hybridized carbons (Fsp3) is 0.333. The van der Waals surface area contributed by atoms with E-state index in [-0.39, 0.29) is 30.5 Å². The summed E-state index contributed by atoms with van der Waals surface area (Å²) in [4.78, 5) is 35.2. The summed E-state index contributed by atoms with van der Waals surface area (Å²) < 4.78 is 51.6. The minimum absolute atomic E-state index is 0.0888. The lowest BCUT2D eigenvalue weighted by atomic mass is 10.1. The summed E-state index contributed by atoms with van der Waals surface area (Å²) in [6.45, 7) is 1.58. The molecule has 1 amide bonds. The second-order valence-corrected chi connectivity index (χ2v) is 8.75. The van der Waals surface area contributed by atoms with Gasteiger partial charge in [0.2, 0.25) is 0 Å². The van der Waals surface area contributed by atoms with Crippen LogP contribution in [0.4, 0.5) is 17.6 Å². The van der Waals surface area contributed by atoms with E-state index >= 15 is 0 Å². The molecule has 2 heterocycles. The lowest BCUT2D eigenvalue weighted by Crippen LogP contribution is -2.28.